The minimum absolute atomic E-state index is 0.632. The average Bonchev–Trinajstić information content (AvgIpc) is 3.55. The molecular weight excluding hydrogens is 428 g/mol. The van der Waals surface area contributed by atoms with Gasteiger partial charge in [0.05, 0.1) is 28.7 Å². The zero-order chi connectivity index (χ0) is 22.4. The van der Waals surface area contributed by atoms with Crippen molar-refractivity contribution in [3.63, 3.8) is 0 Å². The summed E-state index contributed by atoms with van der Waals surface area (Å²) >= 11 is 5.79. The largest absolute Gasteiger partial charge is 0.366 e. The van der Waals surface area contributed by atoms with Gasteiger partial charge in [0.2, 0.25) is 0 Å². The molecule has 33 heavy (non-hydrogen) atoms. The van der Waals surface area contributed by atoms with Crippen LogP contribution in [-0.2, 0) is 6.54 Å². The van der Waals surface area contributed by atoms with E-state index in [1.54, 1.807) is 6.33 Å². The van der Waals surface area contributed by atoms with Crippen LogP contribution >= 0.6 is 12.2 Å². The molecule has 0 bridgehead atoms. The molecule has 0 saturated heterocycles. The number of rotatable bonds is 5. The number of imidazole rings is 2. The van der Waals surface area contributed by atoms with E-state index in [9.17, 15) is 0 Å². The van der Waals surface area contributed by atoms with Gasteiger partial charge < -0.3 is 20.3 Å². The highest BCUT2D eigenvalue weighted by Gasteiger charge is 2.16. The van der Waals surface area contributed by atoms with E-state index in [2.05, 4.69) is 91.3 Å². The van der Waals surface area contributed by atoms with Crippen molar-refractivity contribution in [2.75, 3.05) is 5.32 Å². The van der Waals surface area contributed by atoms with E-state index in [0.717, 1.165) is 39.3 Å². The molecule has 0 atom stereocenters. The Bertz CT molecular complexity index is 1650. The first kappa shape index (κ1) is 19.6. The molecule has 162 valence electrons. The van der Waals surface area contributed by atoms with Crippen molar-refractivity contribution in [2.24, 2.45) is 0 Å². The number of benzene rings is 3. The molecule has 4 N–H and O–H groups in total. The van der Waals surface area contributed by atoms with Crippen LogP contribution in [0.2, 0.25) is 0 Å². The third kappa shape index (κ3) is 3.52. The molecule has 0 amide bonds. The molecule has 7 heteroatoms. The summed E-state index contributed by atoms with van der Waals surface area (Å²) in [4.78, 5) is 14.2. The minimum atomic E-state index is 0.632. The van der Waals surface area contributed by atoms with E-state index < -0.39 is 0 Å². The second-order valence-corrected chi connectivity index (χ2v) is 8.60. The summed E-state index contributed by atoms with van der Waals surface area (Å²) in [5, 5.41) is 4.79. The predicted molar refractivity (Wildman–Crippen MR) is 136 cm³/mol. The molecule has 0 spiro atoms. The van der Waals surface area contributed by atoms with Gasteiger partial charge in [0.25, 0.3) is 0 Å². The maximum Gasteiger partial charge on any atom is 0.183 e. The maximum atomic E-state index is 5.79. The monoisotopic (exact) mass is 450 g/mol. The van der Waals surface area contributed by atoms with Crippen LogP contribution in [0.3, 0.4) is 0 Å². The summed E-state index contributed by atoms with van der Waals surface area (Å²) in [6.07, 6.45) is 3.67. The Balaban J connectivity index is 1.45. The van der Waals surface area contributed by atoms with E-state index in [1.165, 1.54) is 16.5 Å². The third-order valence-electron chi connectivity index (χ3n) is 5.97. The fraction of sp³-hybridized carbons (Fsp3) is 0.0769. The van der Waals surface area contributed by atoms with Crippen LogP contribution in [0.5, 0.6) is 0 Å². The number of nitrogens with one attached hydrogen (secondary N) is 4. The molecule has 3 aromatic carbocycles. The van der Waals surface area contributed by atoms with Crippen molar-refractivity contribution >= 4 is 40.0 Å². The van der Waals surface area contributed by atoms with Crippen LogP contribution in [-0.4, -0.2) is 24.5 Å². The van der Waals surface area contributed by atoms with Gasteiger partial charge in [-0.2, -0.15) is 0 Å². The van der Waals surface area contributed by atoms with Gasteiger partial charge in [0.15, 0.2) is 4.77 Å². The van der Waals surface area contributed by atoms with Crippen LogP contribution in [0.1, 0.15) is 11.1 Å². The summed E-state index contributed by atoms with van der Waals surface area (Å²) in [5.41, 5.74) is 8.51. The zero-order valence-corrected chi connectivity index (χ0v) is 18.8. The van der Waals surface area contributed by atoms with E-state index in [-0.39, 0.29) is 0 Å². The molecule has 3 heterocycles. The fourth-order valence-electron chi connectivity index (χ4n) is 4.26. The topological polar surface area (TPSA) is 77.2 Å². The summed E-state index contributed by atoms with van der Waals surface area (Å²) < 4.78 is 2.71. The first-order valence-electron chi connectivity index (χ1n) is 10.8. The number of H-pyrrole nitrogens is 3. The Hall–Kier alpha value is -4.10. The lowest BCUT2D eigenvalue weighted by Crippen LogP contribution is -2.03. The number of nitrogens with zero attached hydrogens (tertiary/aromatic N) is 2. The van der Waals surface area contributed by atoms with Gasteiger partial charge in [-0.05, 0) is 66.5 Å². The molecule has 0 saturated carbocycles. The standard InChI is InChI=1S/C26H22N6S/c1-16-2-5-18(6-3-16)24-25(28-14-17-4-8-21-19(12-17)10-11-27-21)31-26(33)32(24)20-7-9-22-23(13-20)30-15-29-22/h2-13,15,27-28H,14H2,1H3,(H,29,30)(H,31,33). The Morgan fingerprint density at radius 2 is 1.82 bits per heavy atom. The quantitative estimate of drug-likeness (QED) is 0.227. The molecule has 6 rings (SSSR count). The van der Waals surface area contributed by atoms with Crippen LogP contribution in [0.4, 0.5) is 5.82 Å². The van der Waals surface area contributed by atoms with Crippen molar-refractivity contribution in [1.82, 2.24) is 24.5 Å². The molecule has 3 aromatic heterocycles. The number of aryl methyl sites for hydroxylation is 1. The summed E-state index contributed by atoms with van der Waals surface area (Å²) in [6.45, 7) is 2.77. The summed E-state index contributed by atoms with van der Waals surface area (Å²) in [7, 11) is 0. The van der Waals surface area contributed by atoms with Crippen molar-refractivity contribution in [3.8, 4) is 16.9 Å². The molecule has 0 unspecified atom stereocenters. The predicted octanol–water partition coefficient (Wildman–Crippen LogP) is 6.48. The van der Waals surface area contributed by atoms with Gasteiger partial charge in [0.1, 0.15) is 5.82 Å². The first-order chi connectivity index (χ1) is 16.2. The lowest BCUT2D eigenvalue weighted by Gasteiger charge is -2.13. The van der Waals surface area contributed by atoms with Crippen molar-refractivity contribution in [3.05, 3.63) is 95.2 Å². The average molecular weight is 451 g/mol. The second-order valence-electron chi connectivity index (χ2n) is 8.21. The number of anilines is 1. The highest BCUT2D eigenvalue weighted by atomic mass is 32.1. The van der Waals surface area contributed by atoms with E-state index in [0.29, 0.717) is 11.3 Å². The van der Waals surface area contributed by atoms with Crippen LogP contribution < -0.4 is 5.32 Å². The van der Waals surface area contributed by atoms with Gasteiger partial charge in [-0.1, -0.05) is 35.9 Å². The van der Waals surface area contributed by atoms with Gasteiger partial charge >= 0.3 is 0 Å². The molecule has 0 fully saturated rings. The molecule has 0 aliphatic rings. The number of fused-ring (bicyclic) bond motifs is 2. The number of hydrogen-bond donors (Lipinski definition) is 4. The SMILES string of the molecule is Cc1ccc(-c2c(NCc3ccc4[nH]ccc4c3)[nH]c(=S)n2-c2ccc3nc[nH]c3c2)cc1. The molecule has 0 aliphatic heterocycles. The summed E-state index contributed by atoms with van der Waals surface area (Å²) in [5.74, 6) is 0.891. The minimum Gasteiger partial charge on any atom is -0.366 e. The Morgan fingerprint density at radius 1 is 0.939 bits per heavy atom. The number of aromatic nitrogens is 5. The Labute approximate surface area is 195 Å². The lowest BCUT2D eigenvalue weighted by atomic mass is 10.1. The van der Waals surface area contributed by atoms with Crippen molar-refractivity contribution in [2.45, 2.75) is 13.5 Å². The van der Waals surface area contributed by atoms with Gasteiger partial charge in [0, 0.05) is 23.8 Å². The Morgan fingerprint density at radius 3 is 2.70 bits per heavy atom. The molecule has 0 radical (unpaired) electrons. The smallest absolute Gasteiger partial charge is 0.183 e. The van der Waals surface area contributed by atoms with Crippen LogP contribution in [0.15, 0.2) is 79.3 Å². The highest BCUT2D eigenvalue weighted by Crippen LogP contribution is 2.32. The number of aromatic amines is 3. The molecule has 6 aromatic rings. The van der Waals surface area contributed by atoms with Crippen molar-refractivity contribution < 1.29 is 0 Å². The first-order valence-corrected chi connectivity index (χ1v) is 11.2. The summed E-state index contributed by atoms with van der Waals surface area (Å²) in [6, 6.07) is 23.2. The van der Waals surface area contributed by atoms with Gasteiger partial charge in [-0.25, -0.2) is 4.98 Å². The maximum absolute atomic E-state index is 5.79. The van der Waals surface area contributed by atoms with Crippen molar-refractivity contribution in [1.29, 1.82) is 0 Å². The van der Waals surface area contributed by atoms with E-state index in [1.807, 2.05) is 18.3 Å². The fourth-order valence-corrected chi connectivity index (χ4v) is 4.56. The normalized spacial score (nSPS) is 11.4. The second kappa shape index (κ2) is 7.79. The van der Waals surface area contributed by atoms with Crippen LogP contribution in [0, 0.1) is 11.7 Å². The van der Waals surface area contributed by atoms with Gasteiger partial charge in [-0.15, -0.1) is 0 Å². The third-order valence-corrected chi connectivity index (χ3v) is 6.25. The van der Waals surface area contributed by atoms with E-state index in [4.69, 9.17) is 12.2 Å². The molecular formula is C26H22N6S. The van der Waals surface area contributed by atoms with E-state index >= 15 is 0 Å². The van der Waals surface area contributed by atoms with Gasteiger partial charge in [-0.3, -0.25) is 4.57 Å². The Kier molecular flexibility index (Phi) is 4.62. The number of hydrogen-bond acceptors (Lipinski definition) is 3. The lowest BCUT2D eigenvalue weighted by molar-refractivity contribution is 1.04. The molecule has 6 nitrogen and oxygen atoms in total. The molecule has 0 aliphatic carbocycles. The zero-order valence-electron chi connectivity index (χ0n) is 18.0. The highest BCUT2D eigenvalue weighted by molar-refractivity contribution is 7.71. The van der Waals surface area contributed by atoms with Crippen LogP contribution in [0.25, 0.3) is 38.9 Å².